The van der Waals surface area contributed by atoms with Crippen LogP contribution < -0.4 is 5.73 Å². The SMILES string of the molecule is COC1(C(N)c2cccc(Br)c2F)CCC(C)CC1. The zero-order valence-corrected chi connectivity index (χ0v) is 13.0. The zero-order valence-electron chi connectivity index (χ0n) is 11.5. The van der Waals surface area contributed by atoms with Crippen LogP contribution in [-0.4, -0.2) is 12.7 Å². The topological polar surface area (TPSA) is 35.2 Å². The summed E-state index contributed by atoms with van der Waals surface area (Å²) in [5.41, 5.74) is 6.44. The number of halogens is 2. The molecule has 0 saturated heterocycles. The Kier molecular flexibility index (Phi) is 4.64. The second-order valence-corrected chi connectivity index (χ2v) is 6.43. The smallest absolute Gasteiger partial charge is 0.142 e. The minimum atomic E-state index is -0.436. The van der Waals surface area contributed by atoms with Crippen LogP contribution in [0.3, 0.4) is 0 Å². The van der Waals surface area contributed by atoms with Crippen molar-refractivity contribution in [3.63, 3.8) is 0 Å². The van der Waals surface area contributed by atoms with Crippen molar-refractivity contribution >= 4 is 15.9 Å². The summed E-state index contributed by atoms with van der Waals surface area (Å²) in [7, 11) is 1.69. The molecule has 1 unspecified atom stereocenters. The lowest BCUT2D eigenvalue weighted by molar-refractivity contribution is -0.0678. The van der Waals surface area contributed by atoms with Gasteiger partial charge in [-0.2, -0.15) is 0 Å². The van der Waals surface area contributed by atoms with Crippen LogP contribution in [0.4, 0.5) is 4.39 Å². The molecule has 0 amide bonds. The molecule has 0 heterocycles. The normalized spacial score (nSPS) is 29.2. The van der Waals surface area contributed by atoms with Gasteiger partial charge < -0.3 is 10.5 Å². The molecule has 2 N–H and O–H groups in total. The second kappa shape index (κ2) is 5.90. The third-order valence-corrected chi connectivity index (χ3v) is 5.02. The first kappa shape index (κ1) is 14.9. The Morgan fingerprint density at radius 1 is 1.42 bits per heavy atom. The largest absolute Gasteiger partial charge is 0.376 e. The van der Waals surface area contributed by atoms with E-state index in [1.165, 1.54) is 0 Å². The minimum Gasteiger partial charge on any atom is -0.376 e. The van der Waals surface area contributed by atoms with Crippen molar-refractivity contribution in [1.29, 1.82) is 0 Å². The quantitative estimate of drug-likeness (QED) is 0.902. The molecule has 0 aromatic heterocycles. The van der Waals surface area contributed by atoms with Gasteiger partial charge in [0, 0.05) is 12.7 Å². The fourth-order valence-corrected chi connectivity index (χ4v) is 3.32. The summed E-state index contributed by atoms with van der Waals surface area (Å²) < 4.78 is 20.4. The van der Waals surface area contributed by atoms with Crippen molar-refractivity contribution < 1.29 is 9.13 Å². The number of hydrogen-bond donors (Lipinski definition) is 1. The number of hydrogen-bond acceptors (Lipinski definition) is 2. The van der Waals surface area contributed by atoms with Gasteiger partial charge in [0.15, 0.2) is 0 Å². The van der Waals surface area contributed by atoms with Gasteiger partial charge in [0.25, 0.3) is 0 Å². The summed E-state index contributed by atoms with van der Waals surface area (Å²) in [4.78, 5) is 0. The molecule has 1 aromatic rings. The molecule has 1 saturated carbocycles. The van der Waals surface area contributed by atoms with Crippen molar-refractivity contribution in [2.45, 2.75) is 44.2 Å². The van der Waals surface area contributed by atoms with Crippen LogP contribution in [0.5, 0.6) is 0 Å². The third kappa shape index (κ3) is 2.86. The Labute approximate surface area is 122 Å². The molecule has 1 aromatic carbocycles. The highest BCUT2D eigenvalue weighted by molar-refractivity contribution is 9.10. The molecule has 0 bridgehead atoms. The lowest BCUT2D eigenvalue weighted by Gasteiger charge is -2.42. The average molecular weight is 330 g/mol. The van der Waals surface area contributed by atoms with Gasteiger partial charge >= 0.3 is 0 Å². The molecule has 19 heavy (non-hydrogen) atoms. The molecule has 0 radical (unpaired) electrons. The van der Waals surface area contributed by atoms with Crippen LogP contribution in [0.1, 0.15) is 44.2 Å². The summed E-state index contributed by atoms with van der Waals surface area (Å²) in [6.07, 6.45) is 3.93. The van der Waals surface area contributed by atoms with E-state index in [1.807, 2.05) is 6.07 Å². The van der Waals surface area contributed by atoms with E-state index in [4.69, 9.17) is 10.5 Å². The maximum absolute atomic E-state index is 14.2. The molecule has 0 aliphatic heterocycles. The number of methoxy groups -OCH3 is 1. The minimum absolute atomic E-state index is 0.273. The maximum Gasteiger partial charge on any atom is 0.142 e. The van der Waals surface area contributed by atoms with Gasteiger partial charge in [-0.15, -0.1) is 0 Å². The van der Waals surface area contributed by atoms with E-state index in [-0.39, 0.29) is 5.82 Å². The summed E-state index contributed by atoms with van der Waals surface area (Å²) in [5.74, 6) is 0.424. The highest BCUT2D eigenvalue weighted by atomic mass is 79.9. The van der Waals surface area contributed by atoms with Gasteiger partial charge in [0.05, 0.1) is 16.1 Å². The molecule has 2 nitrogen and oxygen atoms in total. The van der Waals surface area contributed by atoms with E-state index in [0.29, 0.717) is 16.0 Å². The monoisotopic (exact) mass is 329 g/mol. The number of rotatable bonds is 3. The average Bonchev–Trinajstić information content (AvgIpc) is 2.42. The molecular weight excluding hydrogens is 309 g/mol. The van der Waals surface area contributed by atoms with Gasteiger partial charge in [0.2, 0.25) is 0 Å². The van der Waals surface area contributed by atoms with Crippen molar-refractivity contribution in [2.75, 3.05) is 7.11 Å². The summed E-state index contributed by atoms with van der Waals surface area (Å²) in [6.45, 7) is 2.24. The van der Waals surface area contributed by atoms with E-state index in [1.54, 1.807) is 19.2 Å². The lowest BCUT2D eigenvalue weighted by atomic mass is 9.73. The molecule has 1 fully saturated rings. The summed E-state index contributed by atoms with van der Waals surface area (Å²) in [5, 5.41) is 0. The van der Waals surface area contributed by atoms with Crippen molar-refractivity contribution in [3.05, 3.63) is 34.1 Å². The van der Waals surface area contributed by atoms with E-state index in [2.05, 4.69) is 22.9 Å². The third-order valence-electron chi connectivity index (χ3n) is 4.41. The van der Waals surface area contributed by atoms with E-state index in [9.17, 15) is 4.39 Å². The van der Waals surface area contributed by atoms with Gasteiger partial charge in [-0.3, -0.25) is 0 Å². The molecule has 1 aliphatic carbocycles. The Balaban J connectivity index is 2.30. The molecule has 4 heteroatoms. The maximum atomic E-state index is 14.2. The van der Waals surface area contributed by atoms with E-state index >= 15 is 0 Å². The Morgan fingerprint density at radius 3 is 2.63 bits per heavy atom. The molecule has 106 valence electrons. The number of nitrogens with two attached hydrogens (primary N) is 1. The first-order valence-electron chi connectivity index (χ1n) is 6.75. The van der Waals surface area contributed by atoms with Crippen LogP contribution in [0.15, 0.2) is 22.7 Å². The Hall–Kier alpha value is -0.450. The Bertz CT molecular complexity index is 444. The first-order chi connectivity index (χ1) is 9.00. The van der Waals surface area contributed by atoms with Crippen molar-refractivity contribution in [3.8, 4) is 0 Å². The Morgan fingerprint density at radius 2 is 2.05 bits per heavy atom. The summed E-state index contributed by atoms with van der Waals surface area (Å²) in [6, 6.07) is 4.83. The second-order valence-electron chi connectivity index (χ2n) is 5.57. The fourth-order valence-electron chi connectivity index (χ4n) is 2.94. The van der Waals surface area contributed by atoms with E-state index in [0.717, 1.165) is 25.7 Å². The zero-order chi connectivity index (χ0) is 14.0. The predicted octanol–water partition coefficient (Wildman–Crippen LogP) is 4.18. The van der Waals surface area contributed by atoms with Gasteiger partial charge in [-0.25, -0.2) is 4.39 Å². The van der Waals surface area contributed by atoms with Crippen LogP contribution >= 0.6 is 15.9 Å². The molecule has 0 spiro atoms. The highest BCUT2D eigenvalue weighted by Gasteiger charge is 2.41. The van der Waals surface area contributed by atoms with Crippen LogP contribution in [0.2, 0.25) is 0 Å². The number of benzene rings is 1. The lowest BCUT2D eigenvalue weighted by Crippen LogP contribution is -2.46. The van der Waals surface area contributed by atoms with Gasteiger partial charge in [-0.1, -0.05) is 19.1 Å². The molecular formula is C15H21BrFNO. The molecule has 1 atom stereocenters. The standard InChI is InChI=1S/C15H21BrFNO/c1-10-6-8-15(19-2,9-7-10)14(18)11-4-3-5-12(16)13(11)17/h3-5,10,14H,6-9,18H2,1-2H3. The first-order valence-corrected chi connectivity index (χ1v) is 7.54. The fraction of sp³-hybridized carbons (Fsp3) is 0.600. The summed E-state index contributed by atoms with van der Waals surface area (Å²) >= 11 is 3.22. The highest BCUT2D eigenvalue weighted by Crippen LogP contribution is 2.42. The number of ether oxygens (including phenoxy) is 1. The van der Waals surface area contributed by atoms with Crippen molar-refractivity contribution in [1.82, 2.24) is 0 Å². The van der Waals surface area contributed by atoms with Gasteiger partial charge in [0.1, 0.15) is 5.82 Å². The predicted molar refractivity (Wildman–Crippen MR) is 78.4 cm³/mol. The van der Waals surface area contributed by atoms with Gasteiger partial charge in [-0.05, 0) is 53.6 Å². The molecule has 1 aliphatic rings. The van der Waals surface area contributed by atoms with Crippen LogP contribution in [-0.2, 0) is 4.74 Å². The van der Waals surface area contributed by atoms with Crippen molar-refractivity contribution in [2.24, 2.45) is 11.7 Å². The molecule has 2 rings (SSSR count). The van der Waals surface area contributed by atoms with Crippen LogP contribution in [0, 0.1) is 11.7 Å². The van der Waals surface area contributed by atoms with Crippen LogP contribution in [0.25, 0.3) is 0 Å². The van der Waals surface area contributed by atoms with E-state index < -0.39 is 11.6 Å².